The molecule has 0 amide bonds. The lowest BCUT2D eigenvalue weighted by Crippen LogP contribution is -2.13. The summed E-state index contributed by atoms with van der Waals surface area (Å²) in [5, 5.41) is 11.8. The summed E-state index contributed by atoms with van der Waals surface area (Å²) in [5.74, 6) is 0. The fourth-order valence-electron chi connectivity index (χ4n) is 2.84. The maximum atomic E-state index is 13.1. The first kappa shape index (κ1) is 18.1. The minimum atomic E-state index is -0.250. The van der Waals surface area contributed by atoms with Crippen molar-refractivity contribution in [1.82, 2.24) is 9.78 Å². The Labute approximate surface area is 170 Å². The first-order valence-electron chi connectivity index (χ1n) is 8.77. The zero-order chi connectivity index (χ0) is 19.5. The fraction of sp³-hybridized carbons (Fsp3) is 0.0455. The van der Waals surface area contributed by atoms with Crippen molar-refractivity contribution in [2.45, 2.75) is 6.92 Å². The second kappa shape index (κ2) is 7.78. The highest BCUT2D eigenvalue weighted by molar-refractivity contribution is 9.10. The summed E-state index contributed by atoms with van der Waals surface area (Å²) in [4.78, 5) is 13.1. The molecular weight excluding hydrogens is 416 g/mol. The van der Waals surface area contributed by atoms with Gasteiger partial charge in [0.1, 0.15) is 0 Å². The van der Waals surface area contributed by atoms with E-state index < -0.39 is 0 Å². The lowest BCUT2D eigenvalue weighted by atomic mass is 10.1. The van der Waals surface area contributed by atoms with Gasteiger partial charge in [0.25, 0.3) is 5.56 Å². The fourth-order valence-corrected chi connectivity index (χ4v) is 3.20. The summed E-state index contributed by atoms with van der Waals surface area (Å²) in [6, 6.07) is 24.8. The number of halogens is 1. The summed E-state index contributed by atoms with van der Waals surface area (Å²) in [6.07, 6.45) is 0. The zero-order valence-corrected chi connectivity index (χ0v) is 16.7. The van der Waals surface area contributed by atoms with Crippen LogP contribution < -0.4 is 5.56 Å². The second-order valence-corrected chi connectivity index (χ2v) is 7.17. The first-order valence-corrected chi connectivity index (χ1v) is 9.56. The van der Waals surface area contributed by atoms with E-state index in [4.69, 9.17) is 0 Å². The Morgan fingerprint density at radius 3 is 2.25 bits per heavy atom. The Balaban J connectivity index is 1.85. The Morgan fingerprint density at radius 2 is 1.57 bits per heavy atom. The summed E-state index contributed by atoms with van der Waals surface area (Å²) in [7, 11) is 0. The first-order chi connectivity index (χ1) is 13.6. The average molecular weight is 433 g/mol. The summed E-state index contributed by atoms with van der Waals surface area (Å²) in [6.45, 7) is 2.00. The van der Waals surface area contributed by atoms with Crippen molar-refractivity contribution in [3.8, 4) is 16.9 Å². The molecule has 0 aliphatic heterocycles. The molecule has 3 aromatic carbocycles. The molecule has 1 heterocycles. The number of benzene rings is 3. The molecule has 0 aliphatic rings. The van der Waals surface area contributed by atoms with Crippen molar-refractivity contribution in [3.05, 3.63) is 99.3 Å². The molecule has 1 N–H and O–H groups in total. The third-order valence-corrected chi connectivity index (χ3v) is 5.22. The third-order valence-electron chi connectivity index (χ3n) is 4.36. The van der Waals surface area contributed by atoms with Crippen LogP contribution in [0.4, 0.5) is 11.4 Å². The number of para-hydroxylation sites is 1. The zero-order valence-electron chi connectivity index (χ0n) is 15.1. The van der Waals surface area contributed by atoms with E-state index in [1.54, 1.807) is 0 Å². The maximum absolute atomic E-state index is 13.1. The number of rotatable bonds is 4. The highest BCUT2D eigenvalue weighted by Crippen LogP contribution is 2.29. The van der Waals surface area contributed by atoms with Gasteiger partial charge >= 0.3 is 0 Å². The quantitative estimate of drug-likeness (QED) is 0.376. The highest BCUT2D eigenvalue weighted by Gasteiger charge is 2.16. The van der Waals surface area contributed by atoms with Crippen LogP contribution in [0.2, 0.25) is 0 Å². The van der Waals surface area contributed by atoms with Gasteiger partial charge in [-0.1, -0.05) is 70.5 Å². The number of hydrogen-bond donors (Lipinski definition) is 1. The van der Waals surface area contributed by atoms with Crippen molar-refractivity contribution in [3.63, 3.8) is 0 Å². The molecule has 28 heavy (non-hydrogen) atoms. The lowest BCUT2D eigenvalue weighted by Gasteiger charge is -2.01. The molecule has 0 aliphatic carbocycles. The normalized spacial score (nSPS) is 11.2. The number of aryl methyl sites for hydroxylation is 1. The molecule has 0 fully saturated rings. The topological polar surface area (TPSA) is 62.5 Å². The van der Waals surface area contributed by atoms with Crippen LogP contribution in [-0.4, -0.2) is 9.78 Å². The summed E-state index contributed by atoms with van der Waals surface area (Å²) in [5.41, 5.74) is 4.04. The van der Waals surface area contributed by atoms with Crippen LogP contribution in [0.25, 0.3) is 16.9 Å². The molecule has 0 saturated carbocycles. The van der Waals surface area contributed by atoms with Crippen molar-refractivity contribution in [2.75, 3.05) is 0 Å². The van der Waals surface area contributed by atoms with Gasteiger partial charge < -0.3 is 0 Å². The molecule has 4 aromatic rings. The van der Waals surface area contributed by atoms with Gasteiger partial charge in [0, 0.05) is 10.0 Å². The number of H-pyrrole nitrogens is 1. The van der Waals surface area contributed by atoms with Gasteiger partial charge in [-0.3, -0.25) is 9.89 Å². The minimum absolute atomic E-state index is 0.250. The van der Waals surface area contributed by atoms with Crippen molar-refractivity contribution < 1.29 is 0 Å². The van der Waals surface area contributed by atoms with Gasteiger partial charge in [-0.2, -0.15) is 5.11 Å². The van der Waals surface area contributed by atoms with Gasteiger partial charge in [0.05, 0.1) is 17.1 Å². The molecule has 0 spiro atoms. The van der Waals surface area contributed by atoms with E-state index in [9.17, 15) is 4.79 Å². The standard InChI is InChI=1S/C22H17BrN4O/c1-15-12-13-17(14-19(15)23)24-25-21-20(16-8-4-2-5-9-16)26-27(22(21)28)18-10-6-3-7-11-18/h2-14,26H,1H3. The molecule has 0 bridgehead atoms. The molecule has 0 saturated heterocycles. The van der Waals surface area contributed by atoms with Gasteiger partial charge in [0.2, 0.25) is 0 Å². The number of aromatic amines is 1. The van der Waals surface area contributed by atoms with E-state index in [1.165, 1.54) is 4.68 Å². The number of hydrogen-bond acceptors (Lipinski definition) is 3. The number of nitrogens with one attached hydrogen (secondary N) is 1. The average Bonchev–Trinajstić information content (AvgIpc) is 3.06. The molecular formula is C22H17BrN4O. The van der Waals surface area contributed by atoms with Crippen molar-refractivity contribution in [1.29, 1.82) is 0 Å². The molecule has 5 nitrogen and oxygen atoms in total. The molecule has 1 aromatic heterocycles. The monoisotopic (exact) mass is 432 g/mol. The van der Waals surface area contributed by atoms with Crippen molar-refractivity contribution in [2.24, 2.45) is 10.2 Å². The minimum Gasteiger partial charge on any atom is -0.288 e. The van der Waals surface area contributed by atoms with Crippen molar-refractivity contribution >= 4 is 27.3 Å². The highest BCUT2D eigenvalue weighted by atomic mass is 79.9. The van der Waals surface area contributed by atoms with Crippen LogP contribution >= 0.6 is 15.9 Å². The van der Waals surface area contributed by atoms with E-state index in [1.807, 2.05) is 85.8 Å². The molecule has 0 atom stereocenters. The third kappa shape index (κ3) is 3.59. The van der Waals surface area contributed by atoms with E-state index in [0.717, 1.165) is 21.3 Å². The van der Waals surface area contributed by atoms with Gasteiger partial charge in [-0.15, -0.1) is 5.11 Å². The van der Waals surface area contributed by atoms with Crippen LogP contribution in [-0.2, 0) is 0 Å². The smallest absolute Gasteiger partial charge is 0.288 e. The predicted molar refractivity (Wildman–Crippen MR) is 115 cm³/mol. The van der Waals surface area contributed by atoms with Crippen LogP contribution in [0, 0.1) is 6.92 Å². The largest absolute Gasteiger partial charge is 0.299 e. The Bertz CT molecular complexity index is 1190. The second-order valence-electron chi connectivity index (χ2n) is 6.31. The SMILES string of the molecule is Cc1ccc(N=Nc2c(-c3ccccc3)[nH]n(-c3ccccc3)c2=O)cc1Br. The molecule has 4 rings (SSSR count). The number of azo groups is 1. The Morgan fingerprint density at radius 1 is 0.893 bits per heavy atom. The molecule has 6 heteroatoms. The van der Waals surface area contributed by atoms with Crippen LogP contribution in [0.3, 0.4) is 0 Å². The predicted octanol–water partition coefficient (Wildman–Crippen LogP) is 6.32. The van der Waals surface area contributed by atoms with Gasteiger partial charge in [-0.05, 0) is 36.8 Å². The van der Waals surface area contributed by atoms with Gasteiger partial charge in [0.15, 0.2) is 5.69 Å². The molecule has 138 valence electrons. The van der Waals surface area contributed by atoms with Gasteiger partial charge in [-0.25, -0.2) is 4.68 Å². The molecule has 0 unspecified atom stereocenters. The van der Waals surface area contributed by atoms with E-state index in [0.29, 0.717) is 11.4 Å². The Kier molecular flexibility index (Phi) is 5.04. The van der Waals surface area contributed by atoms with E-state index in [-0.39, 0.29) is 11.2 Å². The Hall–Kier alpha value is -3.25. The lowest BCUT2D eigenvalue weighted by molar-refractivity contribution is 0.852. The number of aromatic nitrogens is 2. The molecule has 0 radical (unpaired) electrons. The van der Waals surface area contributed by atoms with E-state index >= 15 is 0 Å². The van der Waals surface area contributed by atoms with Crippen LogP contribution in [0.15, 0.2) is 98.4 Å². The summed E-state index contributed by atoms with van der Waals surface area (Å²) >= 11 is 3.50. The van der Waals surface area contributed by atoms with Crippen LogP contribution in [0.5, 0.6) is 0 Å². The van der Waals surface area contributed by atoms with E-state index in [2.05, 4.69) is 31.3 Å². The summed E-state index contributed by atoms with van der Waals surface area (Å²) < 4.78 is 2.44. The van der Waals surface area contributed by atoms with Crippen LogP contribution in [0.1, 0.15) is 5.56 Å². The maximum Gasteiger partial charge on any atom is 0.299 e. The number of nitrogens with zero attached hydrogens (tertiary/aromatic N) is 3.